The number of aromatic amines is 1. The molecule has 1 N–H and O–H groups in total. The number of aromatic nitrogens is 4. The van der Waals surface area contributed by atoms with E-state index in [1.807, 2.05) is 49.0 Å². The first-order chi connectivity index (χ1) is 12.1. The van der Waals surface area contributed by atoms with Crippen LogP contribution in [0.15, 0.2) is 36.7 Å². The van der Waals surface area contributed by atoms with E-state index in [1.165, 1.54) is 6.33 Å². The first kappa shape index (κ1) is 15.8. The Morgan fingerprint density at radius 1 is 1.44 bits per heavy atom. The van der Waals surface area contributed by atoms with Crippen molar-refractivity contribution in [1.82, 2.24) is 24.6 Å². The molecule has 2 atom stereocenters. The van der Waals surface area contributed by atoms with Crippen molar-refractivity contribution in [1.29, 1.82) is 0 Å². The maximum Gasteiger partial charge on any atom is 0.270 e. The molecule has 0 saturated carbocycles. The van der Waals surface area contributed by atoms with Gasteiger partial charge in [0.1, 0.15) is 17.8 Å². The Labute approximate surface area is 145 Å². The highest BCUT2D eigenvalue weighted by molar-refractivity contribution is 5.98. The van der Waals surface area contributed by atoms with Crippen LogP contribution in [0, 0.1) is 0 Å². The van der Waals surface area contributed by atoms with Crippen LogP contribution in [0.3, 0.4) is 0 Å². The molecule has 25 heavy (non-hydrogen) atoms. The summed E-state index contributed by atoms with van der Waals surface area (Å²) < 4.78 is 7.79. The number of fused-ring (bicyclic) bond motifs is 1. The lowest BCUT2D eigenvalue weighted by Crippen LogP contribution is -2.37. The molecule has 2 aromatic heterocycles. The van der Waals surface area contributed by atoms with Gasteiger partial charge in [0.15, 0.2) is 0 Å². The van der Waals surface area contributed by atoms with Crippen molar-refractivity contribution >= 4 is 16.8 Å². The molecule has 0 aliphatic carbocycles. The minimum atomic E-state index is -0.0726. The number of para-hydroxylation sites is 1. The molecule has 1 aliphatic heterocycles. The summed E-state index contributed by atoms with van der Waals surface area (Å²) in [5.41, 5.74) is 1.73. The van der Waals surface area contributed by atoms with Crippen LogP contribution in [0.4, 0.5) is 0 Å². The van der Waals surface area contributed by atoms with E-state index in [-0.39, 0.29) is 17.9 Å². The Kier molecular flexibility index (Phi) is 4.01. The molecule has 1 aromatic carbocycles. The fourth-order valence-corrected chi connectivity index (χ4v) is 3.58. The summed E-state index contributed by atoms with van der Waals surface area (Å²) in [5, 5.41) is 7.91. The lowest BCUT2D eigenvalue weighted by molar-refractivity contribution is 0.0544. The zero-order valence-corrected chi connectivity index (χ0v) is 14.3. The average Bonchev–Trinajstić information content (AvgIpc) is 3.34. The molecule has 0 unspecified atom stereocenters. The predicted molar refractivity (Wildman–Crippen MR) is 93.4 cm³/mol. The minimum absolute atomic E-state index is 0.00878. The fourth-order valence-electron chi connectivity index (χ4n) is 3.58. The van der Waals surface area contributed by atoms with Gasteiger partial charge in [0.2, 0.25) is 0 Å². The number of benzene rings is 1. The van der Waals surface area contributed by atoms with Crippen LogP contribution < -0.4 is 0 Å². The molecule has 7 nitrogen and oxygen atoms in total. The fraction of sp³-hybridized carbons (Fsp3) is 0.389. The predicted octanol–water partition coefficient (Wildman–Crippen LogP) is 1.94. The van der Waals surface area contributed by atoms with Gasteiger partial charge in [-0.3, -0.25) is 9.89 Å². The molecule has 130 valence electrons. The molecule has 1 amide bonds. The van der Waals surface area contributed by atoms with Crippen LogP contribution in [0.1, 0.15) is 28.7 Å². The average molecular weight is 339 g/mol. The van der Waals surface area contributed by atoms with Crippen molar-refractivity contribution in [3.63, 3.8) is 0 Å². The topological polar surface area (TPSA) is 76.0 Å². The van der Waals surface area contributed by atoms with Crippen molar-refractivity contribution in [3.8, 4) is 0 Å². The molecule has 0 spiro atoms. The number of carbonyl (C=O) groups is 1. The number of hydrogen-bond acceptors (Lipinski definition) is 4. The van der Waals surface area contributed by atoms with E-state index in [0.717, 1.165) is 23.1 Å². The zero-order chi connectivity index (χ0) is 17.4. The summed E-state index contributed by atoms with van der Waals surface area (Å²) >= 11 is 0. The number of likely N-dealkylation sites (N-methyl/N-ethyl adjacent to an activating group) is 1. The zero-order valence-electron chi connectivity index (χ0n) is 14.3. The van der Waals surface area contributed by atoms with Crippen molar-refractivity contribution in [2.45, 2.75) is 18.4 Å². The van der Waals surface area contributed by atoms with Crippen molar-refractivity contribution in [2.75, 3.05) is 20.2 Å². The molecule has 1 fully saturated rings. The van der Waals surface area contributed by atoms with Gasteiger partial charge in [-0.05, 0) is 18.6 Å². The van der Waals surface area contributed by atoms with Crippen molar-refractivity contribution in [2.24, 2.45) is 7.05 Å². The number of carbonyl (C=O) groups excluding carboxylic acids is 1. The number of aryl methyl sites for hydroxylation is 1. The number of nitrogens with zero attached hydrogens (tertiary/aromatic N) is 4. The van der Waals surface area contributed by atoms with Crippen LogP contribution in [0.2, 0.25) is 0 Å². The van der Waals surface area contributed by atoms with E-state index in [2.05, 4.69) is 15.2 Å². The highest BCUT2D eigenvalue weighted by atomic mass is 16.5. The van der Waals surface area contributed by atoms with Crippen LogP contribution in [-0.2, 0) is 11.8 Å². The van der Waals surface area contributed by atoms with Gasteiger partial charge in [0, 0.05) is 44.1 Å². The Bertz CT molecular complexity index is 886. The summed E-state index contributed by atoms with van der Waals surface area (Å²) in [5.74, 6) is 0.962. The maximum atomic E-state index is 12.9. The smallest absolute Gasteiger partial charge is 0.270 e. The number of ether oxygens (including phenoxy) is 1. The molecule has 0 bridgehead atoms. The van der Waals surface area contributed by atoms with Gasteiger partial charge >= 0.3 is 0 Å². The van der Waals surface area contributed by atoms with E-state index in [9.17, 15) is 4.79 Å². The van der Waals surface area contributed by atoms with Gasteiger partial charge in [-0.15, -0.1) is 0 Å². The van der Waals surface area contributed by atoms with Gasteiger partial charge < -0.3 is 14.2 Å². The minimum Gasteiger partial charge on any atom is -0.376 e. The van der Waals surface area contributed by atoms with Gasteiger partial charge in [0.25, 0.3) is 5.91 Å². The van der Waals surface area contributed by atoms with E-state index in [1.54, 1.807) is 4.90 Å². The first-order valence-electron chi connectivity index (χ1n) is 8.42. The van der Waals surface area contributed by atoms with E-state index in [4.69, 9.17) is 4.74 Å². The molecular weight excluding hydrogens is 318 g/mol. The molecule has 1 aliphatic rings. The first-order valence-corrected chi connectivity index (χ1v) is 8.42. The summed E-state index contributed by atoms with van der Waals surface area (Å²) in [6.07, 6.45) is 2.32. The normalized spacial score (nSPS) is 20.2. The second-order valence-corrected chi connectivity index (χ2v) is 6.51. The van der Waals surface area contributed by atoms with E-state index in [0.29, 0.717) is 18.8 Å². The molecular formula is C18H21N5O2. The number of amides is 1. The molecule has 3 heterocycles. The number of rotatable bonds is 4. The van der Waals surface area contributed by atoms with Gasteiger partial charge in [-0.2, -0.15) is 5.10 Å². The lowest BCUT2D eigenvalue weighted by atomic mass is 10.0. The summed E-state index contributed by atoms with van der Waals surface area (Å²) in [7, 11) is 3.74. The van der Waals surface area contributed by atoms with Crippen LogP contribution in [0.25, 0.3) is 10.9 Å². The van der Waals surface area contributed by atoms with Crippen LogP contribution in [-0.4, -0.2) is 56.9 Å². The number of nitrogens with one attached hydrogen (secondary N) is 1. The van der Waals surface area contributed by atoms with Crippen molar-refractivity contribution in [3.05, 3.63) is 48.2 Å². The van der Waals surface area contributed by atoms with Crippen molar-refractivity contribution < 1.29 is 9.53 Å². The monoisotopic (exact) mass is 339 g/mol. The Balaban J connectivity index is 1.53. The summed E-state index contributed by atoms with van der Waals surface area (Å²) in [4.78, 5) is 18.9. The molecule has 0 radical (unpaired) electrons. The highest BCUT2D eigenvalue weighted by Crippen LogP contribution is 2.29. The third kappa shape index (κ3) is 2.80. The molecule has 4 rings (SSSR count). The second kappa shape index (κ2) is 6.33. The molecule has 7 heteroatoms. The van der Waals surface area contributed by atoms with Crippen LogP contribution >= 0.6 is 0 Å². The maximum absolute atomic E-state index is 12.9. The molecule has 3 aromatic rings. The largest absolute Gasteiger partial charge is 0.376 e. The summed E-state index contributed by atoms with van der Waals surface area (Å²) in [6.45, 7) is 1.19. The Morgan fingerprint density at radius 2 is 2.28 bits per heavy atom. The number of hydrogen-bond donors (Lipinski definition) is 1. The number of H-pyrrole nitrogens is 1. The highest BCUT2D eigenvalue weighted by Gasteiger charge is 2.33. The third-order valence-corrected chi connectivity index (χ3v) is 4.97. The lowest BCUT2D eigenvalue weighted by Gasteiger charge is -2.24. The standard InChI is InChI=1S/C18H21N5O2/c1-22(10-16-13(7-8-25-16)17-19-11-20-21-17)18(24)15-9-12-5-3-4-6-14(12)23(15)2/h3-6,9,11,13,16H,7-8,10H2,1-2H3,(H,19,20,21)/t13-,16-/m1/s1. The van der Waals surface area contributed by atoms with Gasteiger partial charge in [-0.1, -0.05) is 18.2 Å². The summed E-state index contributed by atoms with van der Waals surface area (Å²) in [6, 6.07) is 9.94. The SMILES string of the molecule is CN(C[C@H]1OCC[C@H]1c1ncn[nH]1)C(=O)c1cc2ccccc2n1C. The second-order valence-electron chi connectivity index (χ2n) is 6.51. The van der Waals surface area contributed by atoms with Gasteiger partial charge in [-0.25, -0.2) is 4.98 Å². The van der Waals surface area contributed by atoms with Gasteiger partial charge in [0.05, 0.1) is 6.10 Å². The van der Waals surface area contributed by atoms with Crippen LogP contribution in [0.5, 0.6) is 0 Å². The third-order valence-electron chi connectivity index (χ3n) is 4.97. The Morgan fingerprint density at radius 3 is 3.04 bits per heavy atom. The quantitative estimate of drug-likeness (QED) is 0.788. The Hall–Kier alpha value is -2.67. The van der Waals surface area contributed by atoms with E-state index >= 15 is 0 Å². The molecule has 1 saturated heterocycles. The van der Waals surface area contributed by atoms with E-state index < -0.39 is 0 Å².